The van der Waals surface area contributed by atoms with Crippen LogP contribution < -0.4 is 0 Å². The summed E-state index contributed by atoms with van der Waals surface area (Å²) in [5.41, 5.74) is 0. The summed E-state index contributed by atoms with van der Waals surface area (Å²) in [5.74, 6) is 0. The van der Waals surface area contributed by atoms with Crippen LogP contribution in [0, 0.1) is 0 Å². The first kappa shape index (κ1) is 11.9. The van der Waals surface area contributed by atoms with Gasteiger partial charge in [0.05, 0.1) is 0 Å². The first-order chi connectivity index (χ1) is 6.48. The molecule has 0 fully saturated rings. The van der Waals surface area contributed by atoms with Crippen LogP contribution >= 0.6 is 18.9 Å². The number of rotatable bonds is 4. The van der Waals surface area contributed by atoms with Crippen LogP contribution in [0.15, 0.2) is 17.5 Å². The molecule has 80 valence electrons. The quantitative estimate of drug-likeness (QED) is 0.815. The fourth-order valence-corrected chi connectivity index (χ4v) is 3.50. The van der Waals surface area contributed by atoms with Crippen LogP contribution in [0.25, 0.3) is 0 Å². The molecule has 0 unspecified atom stereocenters. The lowest BCUT2D eigenvalue weighted by atomic mass is 10.3. The first-order valence-electron chi connectivity index (χ1n) is 3.96. The van der Waals surface area contributed by atoms with E-state index in [0.29, 0.717) is 4.88 Å². The normalized spacial score (nSPS) is 16.6. The molecule has 0 aliphatic rings. The number of thiophene rings is 1. The van der Waals surface area contributed by atoms with Gasteiger partial charge in [0.15, 0.2) is 5.34 Å². The summed E-state index contributed by atoms with van der Waals surface area (Å²) in [5, 5.41) is 10.3. The van der Waals surface area contributed by atoms with Gasteiger partial charge in [-0.15, -0.1) is 11.3 Å². The van der Waals surface area contributed by atoms with Crippen molar-refractivity contribution in [2.75, 3.05) is 14.2 Å². The molecule has 14 heavy (non-hydrogen) atoms. The Kier molecular flexibility index (Phi) is 3.50. The lowest BCUT2D eigenvalue weighted by Crippen LogP contribution is -2.21. The van der Waals surface area contributed by atoms with Crippen molar-refractivity contribution in [1.29, 1.82) is 0 Å². The van der Waals surface area contributed by atoms with Gasteiger partial charge in [-0.25, -0.2) is 0 Å². The number of aliphatic hydroxyl groups is 1. The Morgan fingerprint density at radius 2 is 2.07 bits per heavy atom. The molecule has 4 nitrogen and oxygen atoms in total. The molecule has 0 bridgehead atoms. The van der Waals surface area contributed by atoms with Crippen LogP contribution in [0.2, 0.25) is 0 Å². The molecule has 0 saturated heterocycles. The molecule has 0 aliphatic carbocycles. The van der Waals surface area contributed by atoms with Crippen LogP contribution in [0.5, 0.6) is 0 Å². The van der Waals surface area contributed by atoms with Crippen LogP contribution in [0.4, 0.5) is 0 Å². The standard InChI is InChI=1S/C8H13O4PS/c1-8(9,7-5-4-6-14-7)13(10,11-2)12-3/h4-6,9H,1-3H3/t8-/m1/s1. The van der Waals surface area contributed by atoms with E-state index in [1.807, 2.05) is 0 Å². The molecule has 0 aromatic carbocycles. The van der Waals surface area contributed by atoms with Gasteiger partial charge in [-0.1, -0.05) is 6.07 Å². The van der Waals surface area contributed by atoms with Gasteiger partial charge < -0.3 is 14.2 Å². The maximum absolute atomic E-state index is 12.0. The third-order valence-corrected chi connectivity index (χ3v) is 5.50. The molecule has 1 N–H and O–H groups in total. The van der Waals surface area contributed by atoms with Crippen molar-refractivity contribution in [3.05, 3.63) is 22.4 Å². The molecular formula is C8H13O4PS. The molecule has 0 radical (unpaired) electrons. The Labute approximate surface area is 87.0 Å². The summed E-state index contributed by atoms with van der Waals surface area (Å²) < 4.78 is 21.5. The highest BCUT2D eigenvalue weighted by Crippen LogP contribution is 2.62. The average molecular weight is 236 g/mol. The molecule has 0 aliphatic heterocycles. The molecular weight excluding hydrogens is 223 g/mol. The molecule has 1 heterocycles. The second-order valence-corrected chi connectivity index (χ2v) is 6.40. The number of hydrogen-bond acceptors (Lipinski definition) is 5. The third kappa shape index (κ3) is 1.78. The Morgan fingerprint density at radius 3 is 2.43 bits per heavy atom. The second-order valence-electron chi connectivity index (χ2n) is 2.86. The summed E-state index contributed by atoms with van der Waals surface area (Å²) in [7, 11) is -0.994. The molecule has 1 aromatic rings. The number of hydrogen-bond donors (Lipinski definition) is 1. The SMILES string of the molecule is COP(=O)(OC)[C@@](C)(O)c1cccs1. The molecule has 0 saturated carbocycles. The summed E-state index contributed by atoms with van der Waals surface area (Å²) in [4.78, 5) is 0.560. The van der Waals surface area contributed by atoms with E-state index in [1.54, 1.807) is 17.5 Å². The highest BCUT2D eigenvalue weighted by Gasteiger charge is 2.46. The minimum absolute atomic E-state index is 0.560. The largest absolute Gasteiger partial charge is 0.373 e. The Morgan fingerprint density at radius 1 is 1.50 bits per heavy atom. The van der Waals surface area contributed by atoms with Crippen molar-refractivity contribution < 1.29 is 18.7 Å². The Balaban J connectivity index is 3.12. The lowest BCUT2D eigenvalue weighted by Gasteiger charge is -2.28. The van der Waals surface area contributed by atoms with Crippen LogP contribution in [-0.4, -0.2) is 19.3 Å². The molecule has 1 aromatic heterocycles. The van der Waals surface area contributed by atoms with Gasteiger partial charge in [-0.05, 0) is 18.4 Å². The monoisotopic (exact) mass is 236 g/mol. The molecule has 6 heteroatoms. The van der Waals surface area contributed by atoms with Crippen LogP contribution in [0.1, 0.15) is 11.8 Å². The third-order valence-electron chi connectivity index (χ3n) is 2.00. The molecule has 1 rings (SSSR count). The lowest BCUT2D eigenvalue weighted by molar-refractivity contribution is 0.0962. The highest BCUT2D eigenvalue weighted by atomic mass is 32.1. The van der Waals surface area contributed by atoms with Crippen molar-refractivity contribution in [2.45, 2.75) is 12.3 Å². The van der Waals surface area contributed by atoms with Crippen LogP contribution in [0.3, 0.4) is 0 Å². The first-order valence-corrected chi connectivity index (χ1v) is 6.38. The summed E-state index contributed by atoms with van der Waals surface area (Å²) in [6.07, 6.45) is 0. The minimum atomic E-state index is -3.51. The van der Waals surface area contributed by atoms with E-state index < -0.39 is 12.9 Å². The minimum Gasteiger partial charge on any atom is -0.373 e. The zero-order chi connectivity index (χ0) is 10.8. The smallest absolute Gasteiger partial charge is 0.366 e. The van der Waals surface area contributed by atoms with Gasteiger partial charge in [-0.3, -0.25) is 4.57 Å². The Hall–Kier alpha value is -0.190. The maximum atomic E-state index is 12.0. The van der Waals surface area contributed by atoms with Crippen molar-refractivity contribution >= 4 is 18.9 Å². The van der Waals surface area contributed by atoms with E-state index in [4.69, 9.17) is 9.05 Å². The van der Waals surface area contributed by atoms with E-state index in [1.165, 1.54) is 32.5 Å². The van der Waals surface area contributed by atoms with Crippen molar-refractivity contribution in [2.24, 2.45) is 0 Å². The summed E-state index contributed by atoms with van der Waals surface area (Å²) >= 11 is 1.31. The van der Waals surface area contributed by atoms with E-state index in [0.717, 1.165) is 0 Å². The predicted octanol–water partition coefficient (Wildman–Crippen LogP) is 2.40. The topological polar surface area (TPSA) is 55.8 Å². The Bertz CT molecular complexity index is 325. The van der Waals surface area contributed by atoms with Gasteiger partial charge in [0.1, 0.15) is 0 Å². The van der Waals surface area contributed by atoms with E-state index in [-0.39, 0.29) is 0 Å². The molecule has 1 atom stereocenters. The summed E-state index contributed by atoms with van der Waals surface area (Å²) in [6.45, 7) is 1.42. The average Bonchev–Trinajstić information content (AvgIpc) is 2.69. The highest BCUT2D eigenvalue weighted by molar-refractivity contribution is 7.55. The zero-order valence-electron chi connectivity index (χ0n) is 8.26. The van der Waals surface area contributed by atoms with Gasteiger partial charge in [0.25, 0.3) is 0 Å². The predicted molar refractivity (Wildman–Crippen MR) is 55.5 cm³/mol. The van der Waals surface area contributed by atoms with Gasteiger partial charge in [-0.2, -0.15) is 0 Å². The van der Waals surface area contributed by atoms with E-state index in [2.05, 4.69) is 0 Å². The zero-order valence-corrected chi connectivity index (χ0v) is 9.97. The van der Waals surface area contributed by atoms with E-state index in [9.17, 15) is 9.67 Å². The van der Waals surface area contributed by atoms with Crippen LogP contribution in [-0.2, 0) is 19.0 Å². The molecule has 0 spiro atoms. The summed E-state index contributed by atoms with van der Waals surface area (Å²) in [6, 6.07) is 3.46. The van der Waals surface area contributed by atoms with Crippen molar-refractivity contribution in [3.63, 3.8) is 0 Å². The molecule has 0 amide bonds. The van der Waals surface area contributed by atoms with E-state index >= 15 is 0 Å². The second kappa shape index (κ2) is 4.13. The maximum Gasteiger partial charge on any atom is 0.366 e. The van der Waals surface area contributed by atoms with Crippen molar-refractivity contribution in [1.82, 2.24) is 0 Å². The van der Waals surface area contributed by atoms with Gasteiger partial charge in [0.2, 0.25) is 0 Å². The van der Waals surface area contributed by atoms with Crippen molar-refractivity contribution in [3.8, 4) is 0 Å². The fraction of sp³-hybridized carbons (Fsp3) is 0.500. The fourth-order valence-electron chi connectivity index (χ4n) is 1.11. The van der Waals surface area contributed by atoms with Gasteiger partial charge >= 0.3 is 7.60 Å². The van der Waals surface area contributed by atoms with Gasteiger partial charge in [0, 0.05) is 19.1 Å².